The molecule has 3 aromatic rings. The van der Waals surface area contributed by atoms with Crippen LogP contribution in [0.5, 0.6) is 5.75 Å². The Morgan fingerprint density at radius 2 is 1.88 bits per heavy atom. The van der Waals surface area contributed by atoms with Gasteiger partial charge < -0.3 is 9.72 Å². The molecule has 180 valence electrons. The van der Waals surface area contributed by atoms with Crippen LogP contribution in [0.4, 0.5) is 13.2 Å². The summed E-state index contributed by atoms with van der Waals surface area (Å²) >= 11 is 0. The molecule has 1 atom stereocenters. The molecule has 4 nitrogen and oxygen atoms in total. The van der Waals surface area contributed by atoms with E-state index in [9.17, 15) is 4.39 Å². The zero-order chi connectivity index (χ0) is 23.7. The second kappa shape index (κ2) is 9.84. The quantitative estimate of drug-likeness (QED) is 0.426. The topological polar surface area (TPSA) is 31.5 Å². The van der Waals surface area contributed by atoms with Crippen molar-refractivity contribution in [1.29, 1.82) is 0 Å². The number of hydrogen-bond donors (Lipinski definition) is 1. The summed E-state index contributed by atoms with van der Waals surface area (Å²) in [7, 11) is 0. The second-order valence-corrected chi connectivity index (χ2v) is 9.17. The van der Waals surface area contributed by atoms with Gasteiger partial charge in [0, 0.05) is 67.0 Å². The molecule has 1 N–H and O–H groups in total. The van der Waals surface area contributed by atoms with Crippen LogP contribution in [0.1, 0.15) is 35.7 Å². The van der Waals surface area contributed by atoms with E-state index in [1.54, 1.807) is 0 Å². The minimum atomic E-state index is -0.608. The number of likely N-dealkylation sites (tertiary alicyclic amines) is 1. The van der Waals surface area contributed by atoms with Crippen molar-refractivity contribution < 1.29 is 17.9 Å². The molecule has 1 fully saturated rings. The summed E-state index contributed by atoms with van der Waals surface area (Å²) < 4.78 is 49.2. The van der Waals surface area contributed by atoms with E-state index >= 15 is 8.78 Å². The number of ether oxygens (including phenoxy) is 1. The molecule has 7 heteroatoms. The third kappa shape index (κ3) is 4.34. The Kier molecular flexibility index (Phi) is 6.66. The maximum atomic E-state index is 15.5. The number of aromatic amines is 1. The molecule has 0 amide bonds. The molecule has 2 aromatic carbocycles. The summed E-state index contributed by atoms with van der Waals surface area (Å²) in [6, 6.07) is 10.0. The van der Waals surface area contributed by atoms with E-state index < -0.39 is 17.7 Å². The van der Waals surface area contributed by atoms with Gasteiger partial charge in [-0.15, -0.1) is 6.58 Å². The van der Waals surface area contributed by atoms with Crippen LogP contribution in [0, 0.1) is 11.6 Å². The molecular weight excluding hydrogens is 439 g/mol. The third-order valence-corrected chi connectivity index (χ3v) is 6.92. The van der Waals surface area contributed by atoms with Crippen LogP contribution in [0.15, 0.2) is 49.1 Å². The minimum absolute atomic E-state index is 0.0436. The predicted octanol–water partition coefficient (Wildman–Crippen LogP) is 5.39. The number of hydrogen-bond acceptors (Lipinski definition) is 3. The van der Waals surface area contributed by atoms with Gasteiger partial charge in [-0.1, -0.05) is 24.3 Å². The van der Waals surface area contributed by atoms with Gasteiger partial charge in [-0.3, -0.25) is 14.2 Å². The number of halogens is 3. The van der Waals surface area contributed by atoms with Gasteiger partial charge in [0.15, 0.2) is 0 Å². The van der Waals surface area contributed by atoms with Crippen LogP contribution >= 0.6 is 0 Å². The number of rotatable bonds is 9. The van der Waals surface area contributed by atoms with E-state index in [0.29, 0.717) is 39.1 Å². The highest BCUT2D eigenvalue weighted by atomic mass is 19.1. The van der Waals surface area contributed by atoms with Crippen molar-refractivity contribution in [2.75, 3.05) is 39.4 Å². The van der Waals surface area contributed by atoms with Gasteiger partial charge in [-0.25, -0.2) is 8.78 Å². The number of benzene rings is 2. The molecule has 1 saturated heterocycles. The van der Waals surface area contributed by atoms with E-state index in [0.717, 1.165) is 35.0 Å². The SMILES string of the molecule is C=CCCN1CCc2c([nH]c3ccccc23)[C@H]1c1c(F)cc(OC2CN(CCCF)C2)cc1F. The van der Waals surface area contributed by atoms with Crippen molar-refractivity contribution >= 4 is 10.9 Å². The second-order valence-electron chi connectivity index (χ2n) is 9.17. The molecule has 2 aliphatic heterocycles. The van der Waals surface area contributed by atoms with Gasteiger partial charge in [0.1, 0.15) is 23.5 Å². The summed E-state index contributed by atoms with van der Waals surface area (Å²) in [4.78, 5) is 7.64. The Hall–Kier alpha value is -2.77. The van der Waals surface area contributed by atoms with E-state index in [1.807, 2.05) is 24.3 Å². The number of nitrogens with zero attached hydrogens (tertiary/aromatic N) is 2. The van der Waals surface area contributed by atoms with Crippen molar-refractivity contribution in [2.45, 2.75) is 31.4 Å². The van der Waals surface area contributed by atoms with Crippen molar-refractivity contribution in [2.24, 2.45) is 0 Å². The van der Waals surface area contributed by atoms with Crippen molar-refractivity contribution in [1.82, 2.24) is 14.8 Å². The number of para-hydroxylation sites is 1. The van der Waals surface area contributed by atoms with Crippen LogP contribution in [0.25, 0.3) is 10.9 Å². The number of alkyl halides is 1. The number of H-pyrrole nitrogens is 1. The summed E-state index contributed by atoms with van der Waals surface area (Å²) in [6.45, 7) is 6.79. The fourth-order valence-electron chi connectivity index (χ4n) is 5.26. The van der Waals surface area contributed by atoms with E-state index in [-0.39, 0.29) is 24.1 Å². The molecule has 0 unspecified atom stereocenters. The highest BCUT2D eigenvalue weighted by Gasteiger charge is 2.35. The highest BCUT2D eigenvalue weighted by Crippen LogP contribution is 2.41. The normalized spacial score (nSPS) is 19.2. The fourth-order valence-corrected chi connectivity index (χ4v) is 5.26. The third-order valence-electron chi connectivity index (χ3n) is 6.92. The van der Waals surface area contributed by atoms with Crippen molar-refractivity contribution in [3.63, 3.8) is 0 Å². The molecular formula is C27H30F3N3O. The first kappa shape index (κ1) is 23.0. The average molecular weight is 470 g/mol. The maximum Gasteiger partial charge on any atom is 0.135 e. The van der Waals surface area contributed by atoms with E-state index in [1.165, 1.54) is 12.1 Å². The first-order chi connectivity index (χ1) is 16.6. The number of fused-ring (bicyclic) bond motifs is 3. The zero-order valence-electron chi connectivity index (χ0n) is 19.2. The molecule has 3 heterocycles. The van der Waals surface area contributed by atoms with Crippen molar-refractivity contribution in [3.05, 3.63) is 77.5 Å². The van der Waals surface area contributed by atoms with Gasteiger partial charge in [-0.2, -0.15) is 0 Å². The summed E-state index contributed by atoms with van der Waals surface area (Å²) in [6.07, 6.45) is 3.74. The smallest absolute Gasteiger partial charge is 0.135 e. The van der Waals surface area contributed by atoms with Crippen LogP contribution in [-0.4, -0.2) is 60.3 Å². The Morgan fingerprint density at radius 3 is 2.62 bits per heavy atom. The van der Waals surface area contributed by atoms with E-state index in [2.05, 4.69) is 27.4 Å². The Bertz CT molecular complexity index is 1150. The van der Waals surface area contributed by atoms with Gasteiger partial charge in [0.2, 0.25) is 0 Å². The molecule has 0 spiro atoms. The van der Waals surface area contributed by atoms with Gasteiger partial charge in [0.05, 0.1) is 12.7 Å². The maximum absolute atomic E-state index is 15.5. The number of aromatic nitrogens is 1. The summed E-state index contributed by atoms with van der Waals surface area (Å²) in [5.74, 6) is -1.02. The highest BCUT2D eigenvalue weighted by molar-refractivity contribution is 5.85. The van der Waals surface area contributed by atoms with Crippen LogP contribution in [0.3, 0.4) is 0 Å². The lowest BCUT2D eigenvalue weighted by Gasteiger charge is -2.39. The number of nitrogens with one attached hydrogen (secondary N) is 1. The Balaban J connectivity index is 1.44. The Morgan fingerprint density at radius 1 is 1.12 bits per heavy atom. The van der Waals surface area contributed by atoms with Gasteiger partial charge in [-0.05, 0) is 30.9 Å². The molecule has 0 aliphatic carbocycles. The van der Waals surface area contributed by atoms with Gasteiger partial charge >= 0.3 is 0 Å². The van der Waals surface area contributed by atoms with Crippen molar-refractivity contribution in [3.8, 4) is 5.75 Å². The predicted molar refractivity (Wildman–Crippen MR) is 128 cm³/mol. The van der Waals surface area contributed by atoms with Crippen LogP contribution in [-0.2, 0) is 6.42 Å². The fraction of sp³-hybridized carbons (Fsp3) is 0.407. The molecule has 0 saturated carbocycles. The lowest BCUT2D eigenvalue weighted by molar-refractivity contribution is 0.0180. The average Bonchev–Trinajstić information content (AvgIpc) is 3.18. The summed E-state index contributed by atoms with van der Waals surface area (Å²) in [5, 5.41) is 1.11. The lowest BCUT2D eigenvalue weighted by atomic mass is 9.91. The largest absolute Gasteiger partial charge is 0.488 e. The van der Waals surface area contributed by atoms with Crippen LogP contribution < -0.4 is 4.74 Å². The first-order valence-corrected chi connectivity index (χ1v) is 12.0. The van der Waals surface area contributed by atoms with Gasteiger partial charge in [0.25, 0.3) is 0 Å². The summed E-state index contributed by atoms with van der Waals surface area (Å²) in [5.41, 5.74) is 3.00. The standard InChI is InChI=1S/C27H30F3N3O/c1-2-3-12-33-13-9-21-20-7-4-5-8-24(20)31-26(21)27(33)25-22(29)14-18(15-23(25)30)34-19-16-32(17-19)11-6-10-28/h2,4-5,7-8,14-15,19,27,31H,1,3,6,9-13,16-17H2/t27-/m1/s1. The molecule has 2 aliphatic rings. The molecule has 1 aromatic heterocycles. The minimum Gasteiger partial charge on any atom is -0.488 e. The molecule has 0 bridgehead atoms. The molecule has 5 rings (SSSR count). The van der Waals surface area contributed by atoms with E-state index in [4.69, 9.17) is 4.74 Å². The Labute approximate surface area is 198 Å². The first-order valence-electron chi connectivity index (χ1n) is 12.0. The lowest BCUT2D eigenvalue weighted by Crippen LogP contribution is -2.53. The molecule has 0 radical (unpaired) electrons. The molecule has 34 heavy (non-hydrogen) atoms. The van der Waals surface area contributed by atoms with Crippen LogP contribution in [0.2, 0.25) is 0 Å². The zero-order valence-corrected chi connectivity index (χ0v) is 19.2. The monoisotopic (exact) mass is 469 g/mol.